The number of methoxy groups -OCH3 is 1. The van der Waals surface area contributed by atoms with Crippen LogP contribution in [0, 0.1) is 11.6 Å². The third-order valence-corrected chi connectivity index (χ3v) is 2.76. The monoisotopic (exact) mass is 264 g/mol. The van der Waals surface area contributed by atoms with Crippen LogP contribution in [-0.2, 0) is 6.54 Å². The summed E-state index contributed by atoms with van der Waals surface area (Å²) in [6.45, 7) is 0.342. The van der Waals surface area contributed by atoms with Crippen LogP contribution in [-0.4, -0.2) is 7.11 Å². The van der Waals surface area contributed by atoms with Gasteiger partial charge in [0.05, 0.1) is 18.5 Å². The van der Waals surface area contributed by atoms with E-state index in [-0.39, 0.29) is 11.4 Å². The van der Waals surface area contributed by atoms with Gasteiger partial charge in [0.2, 0.25) is 0 Å². The molecule has 0 fully saturated rings. The van der Waals surface area contributed by atoms with E-state index >= 15 is 0 Å². The molecule has 0 heterocycles. The first-order chi connectivity index (χ1) is 9.11. The number of rotatable bonds is 4. The minimum absolute atomic E-state index is 0.0178. The molecule has 0 radical (unpaired) electrons. The van der Waals surface area contributed by atoms with Gasteiger partial charge in [0.15, 0.2) is 11.6 Å². The molecule has 3 N–H and O–H groups in total. The number of halogens is 2. The normalized spacial score (nSPS) is 10.3. The topological polar surface area (TPSA) is 47.3 Å². The highest BCUT2D eigenvalue weighted by Crippen LogP contribution is 2.25. The maximum Gasteiger partial charge on any atom is 0.183 e. The van der Waals surface area contributed by atoms with Crippen LogP contribution in [0.4, 0.5) is 20.2 Å². The highest BCUT2D eigenvalue weighted by Gasteiger charge is 2.11. The van der Waals surface area contributed by atoms with Crippen LogP contribution in [0.3, 0.4) is 0 Å². The molecule has 0 bridgehead atoms. The van der Waals surface area contributed by atoms with Crippen LogP contribution in [0.25, 0.3) is 0 Å². The molecule has 0 saturated heterocycles. The van der Waals surface area contributed by atoms with E-state index in [0.29, 0.717) is 6.54 Å². The summed E-state index contributed by atoms with van der Waals surface area (Å²) < 4.78 is 31.7. The van der Waals surface area contributed by atoms with Gasteiger partial charge in [-0.05, 0) is 29.8 Å². The van der Waals surface area contributed by atoms with Crippen molar-refractivity contribution in [1.82, 2.24) is 0 Å². The average molecular weight is 264 g/mol. The lowest BCUT2D eigenvalue weighted by molar-refractivity contribution is 0.414. The first-order valence-electron chi connectivity index (χ1n) is 5.72. The maximum absolute atomic E-state index is 13.5. The fourth-order valence-electron chi connectivity index (χ4n) is 1.68. The van der Waals surface area contributed by atoms with Gasteiger partial charge in [-0.3, -0.25) is 0 Å². The number of nitrogens with two attached hydrogens (primary N) is 1. The van der Waals surface area contributed by atoms with Gasteiger partial charge in [-0.15, -0.1) is 0 Å². The van der Waals surface area contributed by atoms with E-state index in [4.69, 9.17) is 10.5 Å². The molecule has 0 aromatic heterocycles. The zero-order valence-electron chi connectivity index (χ0n) is 10.4. The molecular formula is C14H14F2N2O. The predicted molar refractivity (Wildman–Crippen MR) is 71.1 cm³/mol. The van der Waals surface area contributed by atoms with Crippen LogP contribution >= 0.6 is 0 Å². The number of anilines is 2. The maximum atomic E-state index is 13.5. The van der Waals surface area contributed by atoms with E-state index in [2.05, 4.69) is 5.32 Å². The van der Waals surface area contributed by atoms with Gasteiger partial charge in [-0.25, -0.2) is 8.78 Å². The summed E-state index contributed by atoms with van der Waals surface area (Å²) in [5, 5.41) is 2.79. The van der Waals surface area contributed by atoms with Gasteiger partial charge in [0.25, 0.3) is 0 Å². The Hall–Kier alpha value is -2.30. The minimum atomic E-state index is -0.964. The SMILES string of the molecule is COc1ccc(CNc2c(N)ccc(F)c2F)cc1. The van der Waals surface area contributed by atoms with Crippen molar-refractivity contribution < 1.29 is 13.5 Å². The Kier molecular flexibility index (Phi) is 3.85. The van der Waals surface area contributed by atoms with Gasteiger partial charge in [0, 0.05) is 6.54 Å². The van der Waals surface area contributed by atoms with Gasteiger partial charge in [-0.1, -0.05) is 12.1 Å². The lowest BCUT2D eigenvalue weighted by Crippen LogP contribution is -2.06. The van der Waals surface area contributed by atoms with Crippen molar-refractivity contribution in [2.45, 2.75) is 6.54 Å². The second kappa shape index (κ2) is 5.56. The molecule has 0 amide bonds. The number of nitrogens with one attached hydrogen (secondary N) is 1. The van der Waals surface area contributed by atoms with Crippen molar-refractivity contribution in [2.75, 3.05) is 18.2 Å². The Morgan fingerprint density at radius 2 is 1.79 bits per heavy atom. The molecule has 2 aromatic rings. The van der Waals surface area contributed by atoms with Crippen molar-refractivity contribution in [1.29, 1.82) is 0 Å². The van der Waals surface area contributed by atoms with Crippen LogP contribution in [0.2, 0.25) is 0 Å². The second-order valence-corrected chi connectivity index (χ2v) is 4.03. The molecular weight excluding hydrogens is 250 g/mol. The third-order valence-electron chi connectivity index (χ3n) is 2.76. The summed E-state index contributed by atoms with van der Waals surface area (Å²) in [6, 6.07) is 9.58. The summed E-state index contributed by atoms with van der Waals surface area (Å²) in [5.74, 6) is -1.15. The average Bonchev–Trinajstić information content (AvgIpc) is 2.44. The summed E-state index contributed by atoms with van der Waals surface area (Å²) in [4.78, 5) is 0. The van der Waals surface area contributed by atoms with E-state index in [9.17, 15) is 8.78 Å². The van der Waals surface area contributed by atoms with Gasteiger partial charge in [0.1, 0.15) is 5.75 Å². The van der Waals surface area contributed by atoms with Crippen molar-refractivity contribution in [3.05, 3.63) is 53.6 Å². The smallest absolute Gasteiger partial charge is 0.183 e. The molecule has 3 nitrogen and oxygen atoms in total. The van der Waals surface area contributed by atoms with Gasteiger partial charge >= 0.3 is 0 Å². The zero-order valence-corrected chi connectivity index (χ0v) is 10.4. The summed E-state index contributed by atoms with van der Waals surface area (Å²) in [7, 11) is 1.58. The first kappa shape index (κ1) is 13.1. The third kappa shape index (κ3) is 2.93. The van der Waals surface area contributed by atoms with E-state index in [1.54, 1.807) is 19.2 Å². The van der Waals surface area contributed by atoms with Gasteiger partial charge < -0.3 is 15.8 Å². The molecule has 2 aromatic carbocycles. The number of ether oxygens (including phenoxy) is 1. The van der Waals surface area contributed by atoms with Crippen LogP contribution in [0.1, 0.15) is 5.56 Å². The summed E-state index contributed by atoms with van der Waals surface area (Å²) >= 11 is 0. The van der Waals surface area contributed by atoms with Crippen LogP contribution in [0.5, 0.6) is 5.75 Å². The molecule has 0 aliphatic rings. The molecule has 2 rings (SSSR count). The highest BCUT2D eigenvalue weighted by atomic mass is 19.2. The lowest BCUT2D eigenvalue weighted by atomic mass is 10.2. The fraction of sp³-hybridized carbons (Fsp3) is 0.143. The largest absolute Gasteiger partial charge is 0.497 e. The molecule has 0 aliphatic carbocycles. The second-order valence-electron chi connectivity index (χ2n) is 4.03. The molecule has 0 unspecified atom stereocenters. The van der Waals surface area contributed by atoms with Crippen LogP contribution in [0.15, 0.2) is 36.4 Å². The molecule has 0 saturated carbocycles. The highest BCUT2D eigenvalue weighted by molar-refractivity contribution is 5.66. The zero-order chi connectivity index (χ0) is 13.8. The first-order valence-corrected chi connectivity index (χ1v) is 5.72. The molecule has 5 heteroatoms. The van der Waals surface area contributed by atoms with E-state index in [1.807, 2.05) is 12.1 Å². The van der Waals surface area contributed by atoms with Crippen molar-refractivity contribution in [3.8, 4) is 5.75 Å². The van der Waals surface area contributed by atoms with Gasteiger partial charge in [-0.2, -0.15) is 0 Å². The summed E-state index contributed by atoms with van der Waals surface area (Å²) in [6.07, 6.45) is 0. The van der Waals surface area contributed by atoms with E-state index in [1.165, 1.54) is 6.07 Å². The number of nitrogen functional groups attached to an aromatic ring is 1. The predicted octanol–water partition coefficient (Wildman–Crippen LogP) is 3.17. The summed E-state index contributed by atoms with van der Waals surface area (Å²) in [5.41, 5.74) is 6.67. The molecule has 0 aliphatic heterocycles. The standard InChI is InChI=1S/C14H14F2N2O/c1-19-10-4-2-9(3-5-10)8-18-14-12(17)7-6-11(15)13(14)16/h2-7,18H,8,17H2,1H3. The Morgan fingerprint density at radius 3 is 2.42 bits per heavy atom. The van der Waals surface area contributed by atoms with E-state index < -0.39 is 11.6 Å². The fourth-order valence-corrected chi connectivity index (χ4v) is 1.68. The Bertz CT molecular complexity index is 570. The lowest BCUT2D eigenvalue weighted by Gasteiger charge is -2.11. The van der Waals surface area contributed by atoms with E-state index in [0.717, 1.165) is 17.4 Å². The van der Waals surface area contributed by atoms with Crippen molar-refractivity contribution in [2.24, 2.45) is 0 Å². The Labute approximate surface area is 110 Å². The number of hydrogen-bond donors (Lipinski definition) is 2. The van der Waals surface area contributed by atoms with Crippen molar-refractivity contribution in [3.63, 3.8) is 0 Å². The molecule has 100 valence electrons. The minimum Gasteiger partial charge on any atom is -0.497 e. The molecule has 0 atom stereocenters. The Balaban J connectivity index is 2.12. The quantitative estimate of drug-likeness (QED) is 0.834. The Morgan fingerprint density at radius 1 is 1.11 bits per heavy atom. The number of benzene rings is 2. The van der Waals surface area contributed by atoms with Crippen molar-refractivity contribution >= 4 is 11.4 Å². The number of hydrogen-bond acceptors (Lipinski definition) is 3. The molecule has 19 heavy (non-hydrogen) atoms. The molecule has 0 spiro atoms. The van der Waals surface area contributed by atoms with Crippen LogP contribution < -0.4 is 15.8 Å².